The average Bonchev–Trinajstić information content (AvgIpc) is 3.27. The molecule has 1 aromatic carbocycles. The zero-order chi connectivity index (χ0) is 13.5. The largest absolute Gasteiger partial charge is 0.386 e. The third-order valence-corrected chi connectivity index (χ3v) is 4.49. The molecule has 0 aromatic heterocycles. The second kappa shape index (κ2) is 4.69. The van der Waals surface area contributed by atoms with Gasteiger partial charge in [0.15, 0.2) is 0 Å². The van der Waals surface area contributed by atoms with Crippen LogP contribution in [0.3, 0.4) is 0 Å². The Morgan fingerprint density at radius 3 is 2.58 bits per heavy atom. The zero-order valence-corrected chi connectivity index (χ0v) is 11.5. The SMILES string of the molecule is CN1CCN(CC(O)(CN)C2CC2)c2ccccc21. The number of benzene rings is 1. The van der Waals surface area contributed by atoms with Gasteiger partial charge in [0.05, 0.1) is 17.0 Å². The fourth-order valence-electron chi connectivity index (χ4n) is 3.04. The van der Waals surface area contributed by atoms with Crippen LogP contribution in [0.4, 0.5) is 11.4 Å². The first-order valence-electron chi connectivity index (χ1n) is 7.11. The Kier molecular flexibility index (Phi) is 3.15. The third-order valence-electron chi connectivity index (χ3n) is 4.49. The van der Waals surface area contributed by atoms with Gasteiger partial charge in [-0.3, -0.25) is 0 Å². The topological polar surface area (TPSA) is 52.7 Å². The minimum Gasteiger partial charge on any atom is -0.386 e. The molecular formula is C15H23N3O. The lowest BCUT2D eigenvalue weighted by atomic mass is 9.96. The fourth-order valence-corrected chi connectivity index (χ4v) is 3.04. The molecule has 19 heavy (non-hydrogen) atoms. The number of nitrogens with zero attached hydrogens (tertiary/aromatic N) is 2. The van der Waals surface area contributed by atoms with Crippen LogP contribution in [0.1, 0.15) is 12.8 Å². The van der Waals surface area contributed by atoms with Gasteiger partial charge in [0.1, 0.15) is 0 Å². The maximum atomic E-state index is 10.7. The van der Waals surface area contributed by atoms with Crippen molar-refractivity contribution in [2.75, 3.05) is 43.0 Å². The minimum absolute atomic E-state index is 0.353. The molecule has 2 aliphatic rings. The predicted molar refractivity (Wildman–Crippen MR) is 78.7 cm³/mol. The summed E-state index contributed by atoms with van der Waals surface area (Å²) < 4.78 is 0. The van der Waals surface area contributed by atoms with E-state index in [4.69, 9.17) is 5.73 Å². The maximum absolute atomic E-state index is 10.7. The van der Waals surface area contributed by atoms with Crippen LogP contribution in [0.25, 0.3) is 0 Å². The van der Waals surface area contributed by atoms with Crippen LogP contribution in [0.15, 0.2) is 24.3 Å². The smallest absolute Gasteiger partial charge is 0.0971 e. The van der Waals surface area contributed by atoms with Gasteiger partial charge in [0.25, 0.3) is 0 Å². The fraction of sp³-hybridized carbons (Fsp3) is 0.600. The number of hydrogen-bond donors (Lipinski definition) is 2. The zero-order valence-electron chi connectivity index (χ0n) is 11.5. The number of anilines is 2. The molecule has 1 unspecified atom stereocenters. The first-order valence-corrected chi connectivity index (χ1v) is 7.11. The Hall–Kier alpha value is -1.26. The van der Waals surface area contributed by atoms with E-state index < -0.39 is 5.60 Å². The highest BCUT2D eigenvalue weighted by Gasteiger charge is 2.44. The lowest BCUT2D eigenvalue weighted by Gasteiger charge is -2.41. The summed E-state index contributed by atoms with van der Waals surface area (Å²) in [4.78, 5) is 4.56. The Balaban J connectivity index is 1.84. The van der Waals surface area contributed by atoms with Crippen LogP contribution in [0.5, 0.6) is 0 Å². The van der Waals surface area contributed by atoms with Crippen molar-refractivity contribution in [1.82, 2.24) is 0 Å². The molecule has 1 aromatic rings. The number of β-amino-alcohol motifs (C(OH)–C–C–N with tert-alkyl or cyclic N) is 1. The van der Waals surface area contributed by atoms with Gasteiger partial charge in [-0.15, -0.1) is 0 Å². The Bertz CT molecular complexity index is 460. The van der Waals surface area contributed by atoms with Gasteiger partial charge in [-0.25, -0.2) is 0 Å². The Morgan fingerprint density at radius 2 is 1.95 bits per heavy atom. The molecule has 0 spiro atoms. The quantitative estimate of drug-likeness (QED) is 0.850. The van der Waals surface area contributed by atoms with E-state index in [2.05, 4.69) is 41.1 Å². The molecule has 104 valence electrons. The highest BCUT2D eigenvalue weighted by molar-refractivity contribution is 5.73. The molecule has 1 aliphatic carbocycles. The van der Waals surface area contributed by atoms with Crippen LogP contribution in [-0.2, 0) is 0 Å². The van der Waals surface area contributed by atoms with Gasteiger partial charge in [0.2, 0.25) is 0 Å². The van der Waals surface area contributed by atoms with Crippen molar-refractivity contribution in [1.29, 1.82) is 0 Å². The molecule has 1 fully saturated rings. The molecule has 4 heteroatoms. The third kappa shape index (κ3) is 2.30. The van der Waals surface area contributed by atoms with Crippen molar-refractivity contribution in [2.24, 2.45) is 11.7 Å². The maximum Gasteiger partial charge on any atom is 0.0971 e. The highest BCUT2D eigenvalue weighted by Crippen LogP contribution is 2.41. The number of para-hydroxylation sites is 2. The standard InChI is InChI=1S/C15H23N3O/c1-17-8-9-18(14-5-3-2-4-13(14)17)11-15(19,10-16)12-6-7-12/h2-5,12,19H,6-11,16H2,1H3. The van der Waals surface area contributed by atoms with Crippen molar-refractivity contribution in [2.45, 2.75) is 18.4 Å². The van der Waals surface area contributed by atoms with Gasteiger partial charge in [-0.1, -0.05) is 12.1 Å². The lowest BCUT2D eigenvalue weighted by Crippen LogP contribution is -2.53. The second-order valence-electron chi connectivity index (χ2n) is 5.91. The van der Waals surface area contributed by atoms with E-state index in [0.717, 1.165) is 25.9 Å². The van der Waals surface area contributed by atoms with E-state index in [1.165, 1.54) is 11.4 Å². The monoisotopic (exact) mass is 261 g/mol. The van der Waals surface area contributed by atoms with E-state index in [1.54, 1.807) is 0 Å². The average molecular weight is 261 g/mol. The molecule has 4 nitrogen and oxygen atoms in total. The number of likely N-dealkylation sites (N-methyl/N-ethyl adjacent to an activating group) is 1. The number of aliphatic hydroxyl groups is 1. The second-order valence-corrected chi connectivity index (χ2v) is 5.91. The number of nitrogens with two attached hydrogens (primary N) is 1. The molecule has 1 saturated carbocycles. The van der Waals surface area contributed by atoms with Crippen molar-refractivity contribution in [3.63, 3.8) is 0 Å². The van der Waals surface area contributed by atoms with Crippen LogP contribution < -0.4 is 15.5 Å². The summed E-state index contributed by atoms with van der Waals surface area (Å²) in [6.45, 7) is 2.94. The van der Waals surface area contributed by atoms with E-state index in [0.29, 0.717) is 19.0 Å². The summed E-state index contributed by atoms with van der Waals surface area (Å²) in [6.07, 6.45) is 2.23. The molecule has 3 N–H and O–H groups in total. The Labute approximate surface area is 114 Å². The van der Waals surface area contributed by atoms with Crippen LogP contribution >= 0.6 is 0 Å². The van der Waals surface area contributed by atoms with Crippen molar-refractivity contribution in [3.05, 3.63) is 24.3 Å². The summed E-state index contributed by atoms with van der Waals surface area (Å²) in [5.41, 5.74) is 7.56. The highest BCUT2D eigenvalue weighted by atomic mass is 16.3. The van der Waals surface area contributed by atoms with E-state index in [1.807, 2.05) is 0 Å². The number of fused-ring (bicyclic) bond motifs is 1. The summed E-state index contributed by atoms with van der Waals surface area (Å²) in [6, 6.07) is 8.40. The lowest BCUT2D eigenvalue weighted by molar-refractivity contribution is 0.0333. The van der Waals surface area contributed by atoms with Crippen LogP contribution in [0, 0.1) is 5.92 Å². The summed E-state index contributed by atoms with van der Waals surface area (Å²) >= 11 is 0. The molecule has 0 amide bonds. The van der Waals surface area contributed by atoms with Crippen LogP contribution in [0.2, 0.25) is 0 Å². The van der Waals surface area contributed by atoms with Crippen molar-refractivity contribution < 1.29 is 5.11 Å². The molecule has 0 saturated heterocycles. The van der Waals surface area contributed by atoms with Gasteiger partial charge in [-0.2, -0.15) is 0 Å². The summed E-state index contributed by atoms with van der Waals surface area (Å²) in [5.74, 6) is 0.393. The van der Waals surface area contributed by atoms with Gasteiger partial charge in [-0.05, 0) is 30.9 Å². The van der Waals surface area contributed by atoms with Crippen molar-refractivity contribution in [3.8, 4) is 0 Å². The molecule has 1 aliphatic heterocycles. The van der Waals surface area contributed by atoms with Gasteiger partial charge < -0.3 is 20.6 Å². The minimum atomic E-state index is -0.719. The normalized spacial score (nSPS) is 22.1. The summed E-state index contributed by atoms with van der Waals surface area (Å²) in [5, 5.41) is 10.7. The number of rotatable bonds is 4. The molecule has 1 heterocycles. The Morgan fingerprint density at radius 1 is 1.26 bits per heavy atom. The number of hydrogen-bond acceptors (Lipinski definition) is 4. The van der Waals surface area contributed by atoms with E-state index >= 15 is 0 Å². The molecule has 0 radical (unpaired) electrons. The molecule has 0 bridgehead atoms. The molecule has 1 atom stereocenters. The molecule has 3 rings (SSSR count). The van der Waals surface area contributed by atoms with E-state index in [9.17, 15) is 5.11 Å². The predicted octanol–water partition coefficient (Wildman–Crippen LogP) is 1.04. The summed E-state index contributed by atoms with van der Waals surface area (Å²) in [7, 11) is 2.12. The molecular weight excluding hydrogens is 238 g/mol. The van der Waals surface area contributed by atoms with Crippen LogP contribution in [-0.4, -0.2) is 43.9 Å². The first-order chi connectivity index (χ1) is 9.14. The van der Waals surface area contributed by atoms with Gasteiger partial charge in [0, 0.05) is 33.2 Å². The first kappa shape index (κ1) is 12.8. The van der Waals surface area contributed by atoms with Gasteiger partial charge >= 0.3 is 0 Å². The van der Waals surface area contributed by atoms with E-state index in [-0.39, 0.29) is 0 Å². The van der Waals surface area contributed by atoms with Crippen molar-refractivity contribution >= 4 is 11.4 Å².